The highest BCUT2D eigenvalue weighted by Gasteiger charge is 2.16. The zero-order valence-electron chi connectivity index (χ0n) is 12.8. The van der Waals surface area contributed by atoms with Crippen LogP contribution in [-0.4, -0.2) is 16.1 Å². The van der Waals surface area contributed by atoms with E-state index in [-0.39, 0.29) is 6.04 Å². The van der Waals surface area contributed by atoms with Crippen molar-refractivity contribution in [3.05, 3.63) is 51.5 Å². The van der Waals surface area contributed by atoms with E-state index in [1.807, 2.05) is 0 Å². The van der Waals surface area contributed by atoms with Crippen molar-refractivity contribution in [3.8, 4) is 0 Å². The summed E-state index contributed by atoms with van der Waals surface area (Å²) < 4.78 is 2.31. The fourth-order valence-corrected chi connectivity index (χ4v) is 3.39. The maximum Gasteiger partial charge on any atom is 0.115 e. The molecule has 3 rings (SSSR count). The van der Waals surface area contributed by atoms with Crippen molar-refractivity contribution in [1.29, 1.82) is 0 Å². The van der Waals surface area contributed by atoms with Gasteiger partial charge in [0.15, 0.2) is 0 Å². The lowest BCUT2D eigenvalue weighted by atomic mass is 10.1. The molecule has 4 heteroatoms. The fourth-order valence-electron chi connectivity index (χ4n) is 2.69. The number of thiophene rings is 1. The van der Waals surface area contributed by atoms with Crippen molar-refractivity contribution in [2.24, 2.45) is 5.73 Å². The van der Waals surface area contributed by atoms with Crippen LogP contribution in [0.2, 0.25) is 0 Å². The molecule has 0 aliphatic heterocycles. The number of aryl methyl sites for hydroxylation is 2. The monoisotopic (exact) mass is 299 g/mol. The van der Waals surface area contributed by atoms with Crippen LogP contribution in [-0.2, 0) is 6.42 Å². The van der Waals surface area contributed by atoms with Gasteiger partial charge in [-0.3, -0.25) is 0 Å². The molecule has 1 atom stereocenters. The van der Waals surface area contributed by atoms with Crippen molar-refractivity contribution >= 4 is 22.4 Å². The third-order valence-corrected chi connectivity index (χ3v) is 4.95. The number of rotatable bonds is 4. The van der Waals surface area contributed by atoms with E-state index in [1.165, 1.54) is 21.5 Å². The second-order valence-corrected chi connectivity index (χ2v) is 6.70. The van der Waals surface area contributed by atoms with E-state index in [0.29, 0.717) is 6.54 Å². The van der Waals surface area contributed by atoms with E-state index < -0.39 is 0 Å². The van der Waals surface area contributed by atoms with E-state index >= 15 is 0 Å². The minimum atomic E-state index is 0.257. The van der Waals surface area contributed by atoms with Crippen LogP contribution in [0.3, 0.4) is 0 Å². The second-order valence-electron chi connectivity index (χ2n) is 5.66. The van der Waals surface area contributed by atoms with E-state index in [4.69, 9.17) is 10.7 Å². The zero-order chi connectivity index (χ0) is 15.0. The third kappa shape index (κ3) is 2.61. The molecule has 0 fully saturated rings. The van der Waals surface area contributed by atoms with Gasteiger partial charge in [0.05, 0.1) is 11.0 Å². The third-order valence-electron chi connectivity index (χ3n) is 4.07. The maximum absolute atomic E-state index is 5.92. The lowest BCUT2D eigenvalue weighted by molar-refractivity contribution is 0.553. The second kappa shape index (κ2) is 5.62. The number of imidazole rings is 1. The van der Waals surface area contributed by atoms with Gasteiger partial charge in [-0.05, 0) is 55.5 Å². The van der Waals surface area contributed by atoms with Gasteiger partial charge in [0.2, 0.25) is 0 Å². The Morgan fingerprint density at radius 3 is 2.71 bits per heavy atom. The molecule has 2 N–H and O–H groups in total. The van der Waals surface area contributed by atoms with Crippen LogP contribution < -0.4 is 5.73 Å². The number of fused-ring (bicyclic) bond motifs is 1. The van der Waals surface area contributed by atoms with Crippen LogP contribution in [0, 0.1) is 13.8 Å². The molecule has 21 heavy (non-hydrogen) atoms. The average molecular weight is 299 g/mol. The lowest BCUT2D eigenvalue weighted by Crippen LogP contribution is -2.18. The highest BCUT2D eigenvalue weighted by molar-refractivity contribution is 7.09. The van der Waals surface area contributed by atoms with E-state index in [2.05, 4.69) is 55.0 Å². The molecular weight excluding hydrogens is 278 g/mol. The first-order valence-corrected chi connectivity index (χ1v) is 8.18. The minimum Gasteiger partial charge on any atom is -0.328 e. The fraction of sp³-hybridized carbons (Fsp3) is 0.353. The normalized spacial score (nSPS) is 13.0. The Morgan fingerprint density at radius 1 is 1.29 bits per heavy atom. The van der Waals surface area contributed by atoms with Crippen molar-refractivity contribution in [2.45, 2.75) is 33.2 Å². The van der Waals surface area contributed by atoms with E-state index in [1.54, 1.807) is 11.3 Å². The quantitative estimate of drug-likeness (QED) is 0.796. The number of aromatic nitrogens is 2. The van der Waals surface area contributed by atoms with Crippen LogP contribution >= 0.6 is 11.3 Å². The summed E-state index contributed by atoms with van der Waals surface area (Å²) in [4.78, 5) is 6.21. The van der Waals surface area contributed by atoms with Crippen LogP contribution in [0.25, 0.3) is 11.0 Å². The summed E-state index contributed by atoms with van der Waals surface area (Å²) in [5.74, 6) is 1.11. The lowest BCUT2D eigenvalue weighted by Gasteiger charge is -2.16. The Labute approximate surface area is 129 Å². The minimum absolute atomic E-state index is 0.257. The van der Waals surface area contributed by atoms with Gasteiger partial charge in [0, 0.05) is 23.9 Å². The first-order chi connectivity index (χ1) is 10.1. The van der Waals surface area contributed by atoms with Crippen molar-refractivity contribution in [3.63, 3.8) is 0 Å². The summed E-state index contributed by atoms with van der Waals surface area (Å²) in [6, 6.07) is 8.93. The first-order valence-electron chi connectivity index (χ1n) is 7.30. The number of nitrogens with zero attached hydrogens (tertiary/aromatic N) is 2. The molecule has 3 aromatic rings. The van der Waals surface area contributed by atoms with Crippen LogP contribution in [0.1, 0.15) is 34.8 Å². The Morgan fingerprint density at radius 2 is 2.05 bits per heavy atom. The van der Waals surface area contributed by atoms with Gasteiger partial charge in [-0.15, -0.1) is 11.3 Å². The largest absolute Gasteiger partial charge is 0.328 e. The Kier molecular flexibility index (Phi) is 3.83. The average Bonchev–Trinajstić information content (AvgIpc) is 3.07. The Bertz CT molecular complexity index is 756. The molecule has 0 radical (unpaired) electrons. The van der Waals surface area contributed by atoms with Crippen molar-refractivity contribution in [1.82, 2.24) is 9.55 Å². The van der Waals surface area contributed by atoms with Gasteiger partial charge >= 0.3 is 0 Å². The molecule has 3 nitrogen and oxygen atoms in total. The molecule has 0 spiro atoms. The maximum atomic E-state index is 5.92. The predicted octanol–water partition coefficient (Wildman–Crippen LogP) is 3.83. The van der Waals surface area contributed by atoms with Crippen molar-refractivity contribution < 1.29 is 0 Å². The van der Waals surface area contributed by atoms with E-state index in [9.17, 15) is 0 Å². The summed E-state index contributed by atoms with van der Waals surface area (Å²) in [7, 11) is 0. The zero-order valence-corrected chi connectivity index (χ0v) is 13.6. The molecule has 0 saturated heterocycles. The molecule has 1 unspecified atom stereocenters. The molecular formula is C17H21N3S. The number of hydrogen-bond donors (Lipinski definition) is 1. The van der Waals surface area contributed by atoms with E-state index in [0.717, 1.165) is 17.8 Å². The predicted molar refractivity (Wildman–Crippen MR) is 90.1 cm³/mol. The SMILES string of the molecule is Cc1cc2nc(Cc3cccs3)n(C(C)CN)c2cc1C. The highest BCUT2D eigenvalue weighted by atomic mass is 32.1. The highest BCUT2D eigenvalue weighted by Crippen LogP contribution is 2.26. The molecule has 2 heterocycles. The summed E-state index contributed by atoms with van der Waals surface area (Å²) >= 11 is 1.78. The molecule has 2 aromatic heterocycles. The Balaban J connectivity index is 2.17. The molecule has 1 aromatic carbocycles. The summed E-state index contributed by atoms with van der Waals surface area (Å²) in [6.07, 6.45) is 0.870. The standard InChI is InChI=1S/C17H21N3S/c1-11-7-15-16(8-12(11)2)20(13(3)10-18)17(19-15)9-14-5-4-6-21-14/h4-8,13H,9-10,18H2,1-3H3. The summed E-state index contributed by atoms with van der Waals surface area (Å²) in [5, 5.41) is 2.11. The smallest absolute Gasteiger partial charge is 0.115 e. The van der Waals surface area contributed by atoms with Gasteiger partial charge in [0.1, 0.15) is 5.82 Å². The van der Waals surface area contributed by atoms with Gasteiger partial charge in [0.25, 0.3) is 0 Å². The number of benzene rings is 1. The molecule has 0 aliphatic carbocycles. The summed E-state index contributed by atoms with van der Waals surface area (Å²) in [5.41, 5.74) is 10.8. The number of nitrogens with two attached hydrogens (primary N) is 1. The van der Waals surface area contributed by atoms with Crippen LogP contribution in [0.4, 0.5) is 0 Å². The number of hydrogen-bond acceptors (Lipinski definition) is 3. The molecule has 0 amide bonds. The molecule has 0 saturated carbocycles. The molecule has 0 bridgehead atoms. The summed E-state index contributed by atoms with van der Waals surface area (Å²) in [6.45, 7) is 7.07. The first kappa shape index (κ1) is 14.3. The van der Waals surface area contributed by atoms with Crippen LogP contribution in [0.5, 0.6) is 0 Å². The van der Waals surface area contributed by atoms with Gasteiger partial charge < -0.3 is 10.3 Å². The van der Waals surface area contributed by atoms with Gasteiger partial charge in [-0.25, -0.2) is 4.98 Å². The molecule has 110 valence electrons. The van der Waals surface area contributed by atoms with Gasteiger partial charge in [-0.2, -0.15) is 0 Å². The topological polar surface area (TPSA) is 43.8 Å². The van der Waals surface area contributed by atoms with Gasteiger partial charge in [-0.1, -0.05) is 6.07 Å². The molecule has 0 aliphatic rings. The van der Waals surface area contributed by atoms with Crippen molar-refractivity contribution in [2.75, 3.05) is 6.54 Å². The Hall–Kier alpha value is -1.65. The van der Waals surface area contributed by atoms with Crippen LogP contribution in [0.15, 0.2) is 29.6 Å².